The van der Waals surface area contributed by atoms with Gasteiger partial charge >= 0.3 is 0 Å². The normalized spacial score (nSPS) is 11.1. The maximum atomic E-state index is 14.1. The summed E-state index contributed by atoms with van der Waals surface area (Å²) in [6.45, 7) is 1.63. The molecule has 4 nitrogen and oxygen atoms in total. The minimum absolute atomic E-state index is 0.192. The lowest BCUT2D eigenvalue weighted by molar-refractivity contribution is -0.115. The van der Waals surface area contributed by atoms with Gasteiger partial charge in [-0.25, -0.2) is 4.39 Å². The number of hydrogen-bond acceptors (Lipinski definition) is 3. The number of nitrogens with zero attached hydrogens (tertiary/aromatic N) is 1. The molecule has 1 aromatic rings. The number of rotatable bonds is 4. The molecule has 102 valence electrons. The molecule has 0 bridgehead atoms. The van der Waals surface area contributed by atoms with Crippen LogP contribution in [0, 0.1) is 18.2 Å². The molecule has 0 radical (unpaired) electrons. The summed E-state index contributed by atoms with van der Waals surface area (Å²) in [7, 11) is 3.06. The second-order valence-corrected chi connectivity index (χ2v) is 4.72. The third kappa shape index (κ3) is 3.20. The van der Waals surface area contributed by atoms with Crippen molar-refractivity contribution in [1.82, 2.24) is 5.32 Å². The molecule has 0 saturated heterocycles. The van der Waals surface area contributed by atoms with Gasteiger partial charge in [0.1, 0.15) is 5.70 Å². The summed E-state index contributed by atoms with van der Waals surface area (Å²) in [5, 5.41) is 9.67. The fourth-order valence-electron chi connectivity index (χ4n) is 1.54. The summed E-state index contributed by atoms with van der Waals surface area (Å²) < 4.78 is 14.8. The van der Waals surface area contributed by atoms with Crippen LogP contribution in [0.5, 0.6) is 0 Å². The van der Waals surface area contributed by atoms with Crippen LogP contribution in [0.2, 0.25) is 0 Å². The van der Waals surface area contributed by atoms with E-state index in [2.05, 4.69) is 21.2 Å². The molecule has 0 spiro atoms. The average molecular weight is 328 g/mol. The average Bonchev–Trinajstić information content (AvgIpc) is 2.41. The molecule has 1 aromatic carbocycles. The van der Waals surface area contributed by atoms with Gasteiger partial charge in [-0.1, -0.05) is 15.9 Å². The molecule has 6 heteroatoms. The van der Waals surface area contributed by atoms with Gasteiger partial charge in [0.2, 0.25) is 0 Å². The highest BCUT2D eigenvalue weighted by Gasteiger charge is 2.19. The van der Waals surface area contributed by atoms with Gasteiger partial charge in [0.15, 0.2) is 5.82 Å². The van der Waals surface area contributed by atoms with Gasteiger partial charge in [-0.15, -0.1) is 0 Å². The number of allylic oxidation sites excluding steroid dienone is 1. The maximum absolute atomic E-state index is 14.1. The molecule has 0 aliphatic heterocycles. The Morgan fingerprint density at radius 2 is 2.16 bits per heavy atom. The predicted molar refractivity (Wildman–Crippen MR) is 78.2 cm³/mol. The summed E-state index contributed by atoms with van der Waals surface area (Å²) in [6, 6.07) is 3.22. The highest BCUT2D eigenvalue weighted by atomic mass is 79.9. The summed E-state index contributed by atoms with van der Waals surface area (Å²) >= 11 is 3.24. The zero-order valence-corrected chi connectivity index (χ0v) is 12.5. The van der Waals surface area contributed by atoms with Crippen molar-refractivity contribution in [2.24, 2.45) is 0 Å². The van der Waals surface area contributed by atoms with Gasteiger partial charge in [0.25, 0.3) is 5.91 Å². The van der Waals surface area contributed by atoms with Crippen LogP contribution >= 0.6 is 15.9 Å². The van der Waals surface area contributed by atoms with E-state index in [9.17, 15) is 9.18 Å². The second-order valence-electron chi connectivity index (χ2n) is 3.87. The molecule has 0 aliphatic rings. The first-order valence-corrected chi connectivity index (χ1v) is 6.34. The molecular weight excluding hydrogens is 313 g/mol. The van der Waals surface area contributed by atoms with Gasteiger partial charge in [0, 0.05) is 30.3 Å². The Balaban J connectivity index is 3.17. The Bertz CT molecular complexity index is 543. The van der Waals surface area contributed by atoms with Crippen LogP contribution in [0.1, 0.15) is 5.56 Å². The number of amides is 1. The highest BCUT2D eigenvalue weighted by molar-refractivity contribution is 9.10. The van der Waals surface area contributed by atoms with Crippen LogP contribution in [0.4, 0.5) is 10.1 Å². The van der Waals surface area contributed by atoms with Crippen LogP contribution in [0.25, 0.3) is 0 Å². The van der Waals surface area contributed by atoms with Crippen LogP contribution in [-0.4, -0.2) is 26.2 Å². The lowest BCUT2D eigenvalue weighted by Crippen LogP contribution is -2.33. The Hall–Kier alpha value is -1.69. The van der Waals surface area contributed by atoms with Gasteiger partial charge in [-0.05, 0) is 25.1 Å². The fourth-order valence-corrected chi connectivity index (χ4v) is 1.85. The van der Waals surface area contributed by atoms with Crippen LogP contribution in [0.3, 0.4) is 0 Å². The third-order valence-electron chi connectivity index (χ3n) is 2.72. The Morgan fingerprint density at radius 3 is 2.68 bits per heavy atom. The fraction of sp³-hybridized carbons (Fsp3) is 0.231. The van der Waals surface area contributed by atoms with E-state index >= 15 is 0 Å². The summed E-state index contributed by atoms with van der Waals surface area (Å²) in [5.41, 5.74) is 0.855. The quantitative estimate of drug-likeness (QED) is 0.659. The molecular formula is C13H15BrFN3O. The number of anilines is 1. The van der Waals surface area contributed by atoms with Crippen molar-refractivity contribution in [1.29, 1.82) is 5.41 Å². The minimum Gasteiger partial charge on any atom is -0.384 e. The van der Waals surface area contributed by atoms with Crippen molar-refractivity contribution < 1.29 is 9.18 Å². The number of nitrogens with one attached hydrogen (secondary N) is 2. The van der Waals surface area contributed by atoms with E-state index < -0.39 is 11.7 Å². The van der Waals surface area contributed by atoms with E-state index in [-0.39, 0.29) is 11.4 Å². The molecule has 0 aliphatic carbocycles. The first-order valence-electron chi connectivity index (χ1n) is 5.55. The Kier molecular flexibility index (Phi) is 5.23. The summed E-state index contributed by atoms with van der Waals surface area (Å²) in [4.78, 5) is 13.3. The molecule has 0 saturated carbocycles. The largest absolute Gasteiger partial charge is 0.384 e. The number of halogens is 2. The molecule has 1 rings (SSSR count). The zero-order valence-electron chi connectivity index (χ0n) is 10.9. The Morgan fingerprint density at radius 1 is 1.53 bits per heavy atom. The van der Waals surface area contributed by atoms with Crippen molar-refractivity contribution in [2.45, 2.75) is 6.92 Å². The molecule has 1 amide bonds. The minimum atomic E-state index is -0.449. The number of likely N-dealkylation sites (N-methyl/N-ethyl adjacent to an activating group) is 2. The molecule has 0 atom stereocenters. The molecule has 0 aromatic heterocycles. The van der Waals surface area contributed by atoms with Crippen LogP contribution in [0.15, 0.2) is 28.4 Å². The first kappa shape index (κ1) is 15.4. The topological polar surface area (TPSA) is 56.2 Å². The van der Waals surface area contributed by atoms with E-state index in [1.165, 1.54) is 24.1 Å². The van der Waals surface area contributed by atoms with Crippen molar-refractivity contribution in [3.05, 3.63) is 39.8 Å². The highest BCUT2D eigenvalue weighted by Crippen LogP contribution is 2.27. The molecule has 0 fully saturated rings. The summed E-state index contributed by atoms with van der Waals surface area (Å²) in [6.07, 6.45) is 2.32. The first-order chi connectivity index (χ1) is 8.93. The van der Waals surface area contributed by atoms with E-state index in [0.717, 1.165) is 6.21 Å². The van der Waals surface area contributed by atoms with E-state index in [1.807, 2.05) is 0 Å². The SMILES string of the molecule is CN/C(=C\C=N)C(=O)N(C)c1ccc(Br)c(C)c1F. The second kappa shape index (κ2) is 6.47. The third-order valence-corrected chi connectivity index (χ3v) is 3.57. The number of benzene rings is 1. The van der Waals surface area contributed by atoms with Crippen LogP contribution < -0.4 is 10.2 Å². The number of hydrogen-bond donors (Lipinski definition) is 2. The molecule has 0 heterocycles. The lowest BCUT2D eigenvalue weighted by atomic mass is 10.2. The molecule has 2 N–H and O–H groups in total. The van der Waals surface area contributed by atoms with Crippen molar-refractivity contribution >= 4 is 33.7 Å². The Labute approximate surface area is 119 Å². The maximum Gasteiger partial charge on any atom is 0.274 e. The smallest absolute Gasteiger partial charge is 0.274 e. The van der Waals surface area contributed by atoms with Crippen LogP contribution in [-0.2, 0) is 4.79 Å². The standard InChI is InChI=1S/C13H15BrFN3O/c1-8-9(14)4-5-11(12(8)15)18(3)13(19)10(17-2)6-7-16/h4-7,16-17H,1-3H3/b10-6-,16-7?. The van der Waals surface area contributed by atoms with Crippen molar-refractivity contribution in [3.8, 4) is 0 Å². The van der Waals surface area contributed by atoms with E-state index in [4.69, 9.17) is 5.41 Å². The zero-order chi connectivity index (χ0) is 14.6. The van der Waals surface area contributed by atoms with Gasteiger partial charge < -0.3 is 15.6 Å². The monoisotopic (exact) mass is 327 g/mol. The molecule has 19 heavy (non-hydrogen) atoms. The van der Waals surface area contributed by atoms with Gasteiger partial charge in [-0.3, -0.25) is 4.79 Å². The van der Waals surface area contributed by atoms with Gasteiger partial charge in [-0.2, -0.15) is 0 Å². The van der Waals surface area contributed by atoms with E-state index in [1.54, 1.807) is 20.0 Å². The predicted octanol–water partition coefficient (Wildman–Crippen LogP) is 2.61. The van der Waals surface area contributed by atoms with Gasteiger partial charge in [0.05, 0.1) is 5.69 Å². The summed E-state index contributed by atoms with van der Waals surface area (Å²) in [5.74, 6) is -0.859. The number of carbonyl (C=O) groups excluding carboxylic acids is 1. The van der Waals surface area contributed by atoms with Crippen molar-refractivity contribution in [2.75, 3.05) is 19.0 Å². The van der Waals surface area contributed by atoms with Crippen molar-refractivity contribution in [3.63, 3.8) is 0 Å². The van der Waals surface area contributed by atoms with E-state index in [0.29, 0.717) is 10.0 Å². The molecule has 0 unspecified atom stereocenters. The lowest BCUT2D eigenvalue weighted by Gasteiger charge is -2.20. The number of carbonyl (C=O) groups is 1.